The van der Waals surface area contributed by atoms with Crippen LogP contribution in [0.3, 0.4) is 0 Å². The molecular weight excluding hydrogens is 618 g/mol. The van der Waals surface area contributed by atoms with Crippen molar-refractivity contribution < 1.29 is 88.0 Å². The number of hydrogen-bond acceptors (Lipinski definition) is 5. The maximum Gasteiger partial charge on any atom is 1.00 e. The molecule has 0 spiro atoms. The number of carbonyl (C=O) groups is 2. The molecule has 0 aliphatic carbocycles. The van der Waals surface area contributed by atoms with Crippen LogP contribution in [0.25, 0.3) is 11.2 Å². The first-order valence-electron chi connectivity index (χ1n) is 13.9. The summed E-state index contributed by atoms with van der Waals surface area (Å²) in [6, 6.07) is 4.76. The first kappa shape index (κ1) is 36.1. The number of imidazole rings is 1. The molecule has 2 aromatic heterocycles. The van der Waals surface area contributed by atoms with Crippen molar-refractivity contribution in [2.75, 3.05) is 32.8 Å². The molecule has 4 heterocycles. The molecule has 234 valence electrons. The van der Waals surface area contributed by atoms with Crippen LogP contribution in [0.4, 0.5) is 26.7 Å². The standard InChI is InChI=1S/C26H27F5N6O3.C2H6O.K/c27-18-4-1-3-17(21(18)28)15-6-7-19(23(38)36(13-15)14-26(29,30)31)33-24(39)35-11-8-16(9-12-35)37-20-5-2-10-32-22(20)34-25(37)40;1-2-3;/h1-5,10,15-16,19H,6-9,11-14H2,(H2,32,33,34,39,40);3H,2H2,1H3;/q;;+1/p-1/t15-,19-;;/m1../s1. The summed E-state index contributed by atoms with van der Waals surface area (Å²) in [6.45, 7) is 0.352. The Morgan fingerprint density at radius 1 is 1.09 bits per heavy atom. The minimum Gasteiger partial charge on any atom is -0.397 e. The van der Waals surface area contributed by atoms with E-state index in [9.17, 15) is 36.3 Å². The van der Waals surface area contributed by atoms with Crippen LogP contribution in [-0.4, -0.2) is 81.4 Å². The van der Waals surface area contributed by atoms with Gasteiger partial charge in [0, 0.05) is 43.3 Å². The molecule has 2 atom stereocenters. The Morgan fingerprint density at radius 3 is 2.43 bits per heavy atom. The summed E-state index contributed by atoms with van der Waals surface area (Å²) in [5.41, 5.74) is 0.372. The van der Waals surface area contributed by atoms with E-state index in [0.717, 1.165) is 6.07 Å². The predicted octanol–water partition coefficient (Wildman–Crippen LogP) is 0.318. The van der Waals surface area contributed by atoms with Crippen LogP contribution in [0.2, 0.25) is 0 Å². The Bertz CT molecular complexity index is 1490. The molecule has 5 rings (SSSR count). The second-order valence-corrected chi connectivity index (χ2v) is 10.4. The number of benzene rings is 1. The van der Waals surface area contributed by atoms with Gasteiger partial charge in [-0.15, -0.1) is 0 Å². The molecule has 10 nitrogen and oxygen atoms in total. The van der Waals surface area contributed by atoms with Gasteiger partial charge in [0.2, 0.25) is 11.6 Å². The molecule has 0 radical (unpaired) electrons. The van der Waals surface area contributed by atoms with Crippen molar-refractivity contribution >= 4 is 23.1 Å². The maximum absolute atomic E-state index is 14.5. The molecule has 2 aliphatic heterocycles. The number of nitrogens with zero attached hydrogens (tertiary/aromatic N) is 5. The molecular formula is C28H32F5KN6O4. The van der Waals surface area contributed by atoms with E-state index in [0.29, 0.717) is 28.9 Å². The Labute approximate surface area is 292 Å². The van der Waals surface area contributed by atoms with E-state index in [1.807, 2.05) is 0 Å². The van der Waals surface area contributed by atoms with Crippen LogP contribution in [0.5, 0.6) is 0 Å². The molecule has 2 fully saturated rings. The summed E-state index contributed by atoms with van der Waals surface area (Å²) in [6.07, 6.45) is -2.35. The molecule has 44 heavy (non-hydrogen) atoms. The monoisotopic (exact) mass is 650 g/mol. The third-order valence-electron chi connectivity index (χ3n) is 7.49. The summed E-state index contributed by atoms with van der Waals surface area (Å²) < 4.78 is 69.8. The van der Waals surface area contributed by atoms with Gasteiger partial charge >= 0.3 is 63.6 Å². The van der Waals surface area contributed by atoms with E-state index in [1.54, 1.807) is 23.6 Å². The second-order valence-electron chi connectivity index (χ2n) is 10.4. The fourth-order valence-electron chi connectivity index (χ4n) is 5.57. The topological polar surface area (TPSA) is 122 Å². The van der Waals surface area contributed by atoms with Gasteiger partial charge in [0.15, 0.2) is 11.6 Å². The average molecular weight is 651 g/mol. The number of nitrogens with one attached hydrogen (secondary N) is 1. The van der Waals surface area contributed by atoms with Crippen molar-refractivity contribution in [2.45, 2.75) is 56.8 Å². The van der Waals surface area contributed by atoms with E-state index in [2.05, 4.69) is 15.3 Å². The number of fused-ring (bicyclic) bond motifs is 1. The fraction of sp³-hybridized carbons (Fsp3) is 0.500. The zero-order chi connectivity index (χ0) is 31.3. The summed E-state index contributed by atoms with van der Waals surface area (Å²) in [5.74, 6) is -4.12. The molecule has 3 amide bonds. The third kappa shape index (κ3) is 8.66. The Morgan fingerprint density at radius 2 is 1.77 bits per heavy atom. The average Bonchev–Trinajstić information content (AvgIpc) is 3.22. The van der Waals surface area contributed by atoms with Crippen LogP contribution < -0.4 is 67.4 Å². The molecule has 0 unspecified atom stereocenters. The minimum atomic E-state index is -4.73. The fourth-order valence-corrected chi connectivity index (χ4v) is 5.57. The summed E-state index contributed by atoms with van der Waals surface area (Å²) in [4.78, 5) is 48.6. The van der Waals surface area contributed by atoms with Crippen molar-refractivity contribution in [3.63, 3.8) is 0 Å². The van der Waals surface area contributed by atoms with Gasteiger partial charge in [-0.05, 0) is 56.5 Å². The largest absolute Gasteiger partial charge is 1.00 e. The number of piperidine rings is 1. The molecule has 2 saturated heterocycles. The van der Waals surface area contributed by atoms with Gasteiger partial charge in [0.1, 0.15) is 12.6 Å². The number of urea groups is 1. The molecule has 16 heteroatoms. The number of aliphatic hydroxyl groups excluding tert-OH is 1. The van der Waals surface area contributed by atoms with Crippen LogP contribution in [0.15, 0.2) is 41.3 Å². The molecule has 0 saturated carbocycles. The number of aromatic nitrogens is 3. The number of likely N-dealkylation sites (tertiary alicyclic amines) is 2. The van der Waals surface area contributed by atoms with E-state index < -0.39 is 60.5 Å². The summed E-state index contributed by atoms with van der Waals surface area (Å²) >= 11 is 0. The Hall–Kier alpha value is -2.37. The minimum absolute atomic E-state index is 0. The van der Waals surface area contributed by atoms with E-state index in [-0.39, 0.29) is 95.5 Å². The SMILES string of the molecule is CCO.O=C(N[C@@H]1CC[C@@H](c2cccc(F)c2F)CN(CC(F)(F)F)C1=O)N1CCC(n2c(=O)[n-]c3ncccc32)CC1.[K+]. The van der Waals surface area contributed by atoms with Crippen molar-refractivity contribution in [2.24, 2.45) is 0 Å². The number of hydrogen-bond donors (Lipinski definition) is 2. The number of alkyl halides is 3. The zero-order valence-electron chi connectivity index (χ0n) is 24.4. The van der Waals surface area contributed by atoms with Gasteiger partial charge < -0.3 is 34.8 Å². The smallest absolute Gasteiger partial charge is 0.397 e. The third-order valence-corrected chi connectivity index (χ3v) is 7.49. The zero-order valence-corrected chi connectivity index (χ0v) is 27.5. The Kier molecular flexibility index (Phi) is 12.9. The molecule has 3 aromatic rings. The summed E-state index contributed by atoms with van der Waals surface area (Å²) in [5, 5.41) is 10.1. The van der Waals surface area contributed by atoms with Crippen LogP contribution >= 0.6 is 0 Å². The van der Waals surface area contributed by atoms with Crippen LogP contribution in [0.1, 0.15) is 50.1 Å². The van der Waals surface area contributed by atoms with Gasteiger partial charge in [-0.1, -0.05) is 24.3 Å². The van der Waals surface area contributed by atoms with E-state index in [4.69, 9.17) is 5.11 Å². The number of pyridine rings is 1. The molecule has 0 bridgehead atoms. The van der Waals surface area contributed by atoms with E-state index in [1.165, 1.54) is 23.2 Å². The number of aliphatic hydroxyl groups is 1. The molecule has 2 aliphatic rings. The van der Waals surface area contributed by atoms with Gasteiger partial charge in [0.25, 0.3) is 0 Å². The molecule has 1 aromatic carbocycles. The number of amides is 3. The maximum atomic E-state index is 14.5. The summed E-state index contributed by atoms with van der Waals surface area (Å²) in [7, 11) is 0. The van der Waals surface area contributed by atoms with E-state index >= 15 is 0 Å². The van der Waals surface area contributed by atoms with Crippen molar-refractivity contribution in [3.05, 3.63) is 64.2 Å². The molecule has 2 N–H and O–H groups in total. The van der Waals surface area contributed by atoms with Crippen molar-refractivity contribution in [1.29, 1.82) is 0 Å². The van der Waals surface area contributed by atoms with Crippen LogP contribution in [-0.2, 0) is 4.79 Å². The first-order valence-corrected chi connectivity index (χ1v) is 13.9. The quantitative estimate of drug-likeness (QED) is 0.310. The number of carbonyl (C=O) groups excluding carboxylic acids is 2. The van der Waals surface area contributed by atoms with Crippen molar-refractivity contribution in [1.82, 2.24) is 29.7 Å². The van der Waals surface area contributed by atoms with Gasteiger partial charge in [-0.2, -0.15) is 13.2 Å². The normalized spacial score (nSPS) is 19.6. The Balaban J connectivity index is 0.00000127. The van der Waals surface area contributed by atoms with Gasteiger partial charge in [-0.3, -0.25) is 9.59 Å². The second kappa shape index (κ2) is 15.8. The van der Waals surface area contributed by atoms with Gasteiger partial charge in [-0.25, -0.2) is 13.6 Å². The van der Waals surface area contributed by atoms with Gasteiger partial charge in [0.05, 0.1) is 0 Å². The number of rotatable bonds is 4. The first-order chi connectivity index (χ1) is 20.4. The van der Waals surface area contributed by atoms with Crippen molar-refractivity contribution in [3.8, 4) is 0 Å². The van der Waals surface area contributed by atoms with Crippen LogP contribution in [0, 0.1) is 11.6 Å². The number of halogens is 5. The predicted molar refractivity (Wildman–Crippen MR) is 145 cm³/mol.